The summed E-state index contributed by atoms with van der Waals surface area (Å²) in [5.41, 5.74) is 5.47. The Bertz CT molecular complexity index is 1080. The second kappa shape index (κ2) is 9.24. The number of nitrogens with zero attached hydrogens (tertiary/aromatic N) is 5. The number of nitrogens with one attached hydrogen (secondary N) is 1. The number of anilines is 2. The molecule has 8 heteroatoms. The first-order valence-electron chi connectivity index (χ1n) is 10.1. The summed E-state index contributed by atoms with van der Waals surface area (Å²) in [5, 5.41) is 7.38. The summed E-state index contributed by atoms with van der Waals surface area (Å²) in [7, 11) is 1.96. The van der Waals surface area contributed by atoms with E-state index in [2.05, 4.69) is 26.4 Å². The number of likely N-dealkylation sites (N-methyl/N-ethyl adjacent to an activating group) is 1. The SMILES string of the molecule is C.CC[C@H]1C(=O)Nc2c(cc(CCc3cnn(Cc4cncc(F)c4)c3)nc2C)N1C. The Morgan fingerprint density at radius 3 is 2.71 bits per heavy atom. The van der Waals surface area contributed by atoms with E-state index in [0.29, 0.717) is 6.54 Å². The van der Waals surface area contributed by atoms with Crippen molar-refractivity contribution in [1.29, 1.82) is 0 Å². The molecule has 164 valence electrons. The first-order chi connectivity index (χ1) is 14.4. The molecule has 0 spiro atoms. The fourth-order valence-electron chi connectivity index (χ4n) is 3.91. The van der Waals surface area contributed by atoms with Crippen LogP contribution in [0.5, 0.6) is 0 Å². The van der Waals surface area contributed by atoms with Crippen molar-refractivity contribution in [3.05, 3.63) is 65.3 Å². The van der Waals surface area contributed by atoms with Gasteiger partial charge in [-0.1, -0.05) is 14.4 Å². The Morgan fingerprint density at radius 2 is 1.97 bits per heavy atom. The van der Waals surface area contributed by atoms with Crippen molar-refractivity contribution in [2.45, 2.75) is 53.1 Å². The van der Waals surface area contributed by atoms with Crippen molar-refractivity contribution in [1.82, 2.24) is 19.7 Å². The molecule has 31 heavy (non-hydrogen) atoms. The molecule has 0 bridgehead atoms. The van der Waals surface area contributed by atoms with Gasteiger partial charge in [0.05, 0.1) is 36.0 Å². The van der Waals surface area contributed by atoms with Crippen LogP contribution in [-0.2, 0) is 24.2 Å². The van der Waals surface area contributed by atoms with Crippen LogP contribution in [0.15, 0.2) is 36.9 Å². The number of aryl methyl sites for hydroxylation is 3. The fraction of sp³-hybridized carbons (Fsp3) is 0.391. The summed E-state index contributed by atoms with van der Waals surface area (Å²) in [5.74, 6) is -0.328. The molecule has 4 heterocycles. The average Bonchev–Trinajstić information content (AvgIpc) is 3.15. The first kappa shape index (κ1) is 22.4. The molecule has 1 amide bonds. The molecule has 0 unspecified atom stereocenters. The minimum Gasteiger partial charge on any atom is -0.361 e. The van der Waals surface area contributed by atoms with E-state index in [-0.39, 0.29) is 25.2 Å². The predicted octanol–water partition coefficient (Wildman–Crippen LogP) is 3.76. The highest BCUT2D eigenvalue weighted by molar-refractivity contribution is 6.04. The number of pyridine rings is 2. The Labute approximate surface area is 182 Å². The van der Waals surface area contributed by atoms with Gasteiger partial charge in [0.15, 0.2) is 0 Å². The maximum absolute atomic E-state index is 13.3. The third-order valence-corrected chi connectivity index (χ3v) is 5.48. The second-order valence-corrected chi connectivity index (χ2v) is 7.67. The quantitative estimate of drug-likeness (QED) is 0.652. The number of hydrogen-bond donors (Lipinski definition) is 1. The van der Waals surface area contributed by atoms with Crippen LogP contribution in [0, 0.1) is 12.7 Å². The van der Waals surface area contributed by atoms with Crippen LogP contribution in [0.25, 0.3) is 0 Å². The molecule has 0 saturated carbocycles. The smallest absolute Gasteiger partial charge is 0.247 e. The zero-order valence-corrected chi connectivity index (χ0v) is 17.4. The molecule has 0 aliphatic carbocycles. The summed E-state index contributed by atoms with van der Waals surface area (Å²) < 4.78 is 15.1. The Kier molecular flexibility index (Phi) is 6.68. The standard InChI is InChI=1S/C22H25FN6O.CH4/c1-4-19-22(30)27-21-14(2)26-18(8-20(21)28(19)3)6-5-15-10-25-29(12-15)13-16-7-17(23)11-24-9-16;/h7-12,19H,4-6,13H2,1-3H3,(H,27,30);1H4/t19-;/m0./s1. The summed E-state index contributed by atoms with van der Waals surface area (Å²) in [6.07, 6.45) is 8.94. The van der Waals surface area contributed by atoms with Gasteiger partial charge in [0, 0.05) is 25.1 Å². The molecule has 0 aromatic carbocycles. The average molecular weight is 425 g/mol. The highest BCUT2D eigenvalue weighted by Gasteiger charge is 2.30. The van der Waals surface area contributed by atoms with Crippen molar-refractivity contribution in [3.8, 4) is 0 Å². The molecule has 1 atom stereocenters. The van der Waals surface area contributed by atoms with Gasteiger partial charge in [-0.3, -0.25) is 19.4 Å². The van der Waals surface area contributed by atoms with Gasteiger partial charge in [-0.2, -0.15) is 5.10 Å². The monoisotopic (exact) mass is 424 g/mol. The molecule has 1 N–H and O–H groups in total. The van der Waals surface area contributed by atoms with E-state index in [1.807, 2.05) is 38.2 Å². The van der Waals surface area contributed by atoms with Crippen molar-refractivity contribution >= 4 is 17.3 Å². The summed E-state index contributed by atoms with van der Waals surface area (Å²) in [6.45, 7) is 4.41. The van der Waals surface area contributed by atoms with E-state index in [9.17, 15) is 9.18 Å². The maximum atomic E-state index is 13.3. The Hall–Kier alpha value is -3.29. The molecule has 4 rings (SSSR count). The summed E-state index contributed by atoms with van der Waals surface area (Å²) in [6, 6.07) is 3.36. The van der Waals surface area contributed by atoms with E-state index >= 15 is 0 Å². The molecular formula is C23H29FN6O. The topological polar surface area (TPSA) is 75.9 Å². The Balaban J connectivity index is 0.00000272. The lowest BCUT2D eigenvalue weighted by atomic mass is 10.0. The van der Waals surface area contributed by atoms with Gasteiger partial charge in [0.25, 0.3) is 0 Å². The van der Waals surface area contributed by atoms with Gasteiger partial charge in [-0.25, -0.2) is 4.39 Å². The van der Waals surface area contributed by atoms with Gasteiger partial charge < -0.3 is 10.2 Å². The number of carbonyl (C=O) groups excluding carboxylic acids is 1. The van der Waals surface area contributed by atoms with Crippen LogP contribution in [0.3, 0.4) is 0 Å². The number of halogens is 1. The molecule has 0 saturated heterocycles. The number of aromatic nitrogens is 4. The van der Waals surface area contributed by atoms with Crippen molar-refractivity contribution in [2.24, 2.45) is 0 Å². The van der Waals surface area contributed by atoms with Gasteiger partial charge in [-0.05, 0) is 49.4 Å². The highest BCUT2D eigenvalue weighted by atomic mass is 19.1. The van der Waals surface area contributed by atoms with Gasteiger partial charge in [0.2, 0.25) is 5.91 Å². The minimum atomic E-state index is -0.347. The largest absolute Gasteiger partial charge is 0.361 e. The van der Waals surface area contributed by atoms with E-state index in [1.165, 1.54) is 12.3 Å². The van der Waals surface area contributed by atoms with Gasteiger partial charge >= 0.3 is 0 Å². The van der Waals surface area contributed by atoms with Crippen LogP contribution in [0.4, 0.5) is 15.8 Å². The van der Waals surface area contributed by atoms with Crippen LogP contribution >= 0.6 is 0 Å². The first-order valence-corrected chi connectivity index (χ1v) is 10.1. The lowest BCUT2D eigenvalue weighted by Crippen LogP contribution is -2.46. The zero-order valence-electron chi connectivity index (χ0n) is 17.4. The Morgan fingerprint density at radius 1 is 1.16 bits per heavy atom. The molecule has 7 nitrogen and oxygen atoms in total. The zero-order chi connectivity index (χ0) is 21.3. The minimum absolute atomic E-state index is 0. The second-order valence-electron chi connectivity index (χ2n) is 7.67. The van der Waals surface area contributed by atoms with Crippen LogP contribution in [0.2, 0.25) is 0 Å². The van der Waals surface area contributed by atoms with E-state index in [4.69, 9.17) is 0 Å². The summed E-state index contributed by atoms with van der Waals surface area (Å²) >= 11 is 0. The van der Waals surface area contributed by atoms with E-state index in [1.54, 1.807) is 10.9 Å². The predicted molar refractivity (Wildman–Crippen MR) is 120 cm³/mol. The molecule has 0 radical (unpaired) electrons. The molecule has 3 aromatic heterocycles. The van der Waals surface area contributed by atoms with Crippen LogP contribution in [-0.4, -0.2) is 38.7 Å². The number of amides is 1. The lowest BCUT2D eigenvalue weighted by Gasteiger charge is -2.35. The summed E-state index contributed by atoms with van der Waals surface area (Å²) in [4.78, 5) is 22.9. The third-order valence-electron chi connectivity index (χ3n) is 5.48. The van der Waals surface area contributed by atoms with Crippen LogP contribution < -0.4 is 10.2 Å². The van der Waals surface area contributed by atoms with E-state index in [0.717, 1.165) is 53.2 Å². The molecule has 1 aliphatic rings. The third kappa shape index (κ3) is 4.73. The molecule has 0 fully saturated rings. The molecule has 3 aromatic rings. The van der Waals surface area contributed by atoms with Gasteiger partial charge in [-0.15, -0.1) is 0 Å². The normalized spacial score (nSPS) is 15.3. The van der Waals surface area contributed by atoms with Crippen molar-refractivity contribution in [2.75, 3.05) is 17.3 Å². The van der Waals surface area contributed by atoms with Crippen molar-refractivity contribution < 1.29 is 9.18 Å². The number of hydrogen-bond acceptors (Lipinski definition) is 5. The van der Waals surface area contributed by atoms with Gasteiger partial charge in [0.1, 0.15) is 11.9 Å². The number of fused-ring (bicyclic) bond motifs is 1. The highest BCUT2D eigenvalue weighted by Crippen LogP contribution is 2.34. The lowest BCUT2D eigenvalue weighted by molar-refractivity contribution is -0.117. The number of carbonyl (C=O) groups is 1. The van der Waals surface area contributed by atoms with Crippen LogP contribution in [0.1, 0.15) is 43.3 Å². The van der Waals surface area contributed by atoms with Crippen molar-refractivity contribution in [3.63, 3.8) is 0 Å². The van der Waals surface area contributed by atoms with E-state index < -0.39 is 0 Å². The molecular weight excluding hydrogens is 395 g/mol. The maximum Gasteiger partial charge on any atom is 0.247 e. The fourth-order valence-corrected chi connectivity index (χ4v) is 3.91. The molecule has 1 aliphatic heterocycles. The number of rotatable bonds is 6.